The van der Waals surface area contributed by atoms with Crippen molar-refractivity contribution in [1.29, 1.82) is 0 Å². The van der Waals surface area contributed by atoms with E-state index in [2.05, 4.69) is 35.7 Å². The van der Waals surface area contributed by atoms with Crippen molar-refractivity contribution in [2.45, 2.75) is 37.6 Å². The second kappa shape index (κ2) is 5.31. The third kappa shape index (κ3) is 2.07. The van der Waals surface area contributed by atoms with E-state index in [9.17, 15) is 9.90 Å². The number of nitrogens with one attached hydrogen (secondary N) is 1. The number of fused-ring (bicyclic) bond motifs is 3. The number of carboxylic acids is 1. The smallest absolute Gasteiger partial charge is 0.337 e. The van der Waals surface area contributed by atoms with Gasteiger partial charge in [-0.25, -0.2) is 4.79 Å². The molecule has 1 aliphatic heterocycles. The average Bonchev–Trinajstić information content (AvgIpc) is 3.04. The van der Waals surface area contributed by atoms with Crippen molar-refractivity contribution in [2.75, 3.05) is 5.32 Å². The number of allylic oxidation sites excluding steroid dienone is 4. The summed E-state index contributed by atoms with van der Waals surface area (Å²) in [6, 6.07) is 6.04. The fourth-order valence-corrected chi connectivity index (χ4v) is 4.45. The van der Waals surface area contributed by atoms with Gasteiger partial charge >= 0.3 is 5.97 Å². The molecule has 0 aromatic heterocycles. The molecular weight excluding hydrogens is 274 g/mol. The lowest BCUT2D eigenvalue weighted by Gasteiger charge is -2.42. The second-order valence-electron chi connectivity index (χ2n) is 6.64. The molecule has 4 atom stereocenters. The Hall–Kier alpha value is -2.03. The Kier molecular flexibility index (Phi) is 3.29. The van der Waals surface area contributed by atoms with Crippen LogP contribution < -0.4 is 5.32 Å². The van der Waals surface area contributed by atoms with Crippen LogP contribution in [0.4, 0.5) is 5.69 Å². The van der Waals surface area contributed by atoms with E-state index in [0.29, 0.717) is 29.4 Å². The van der Waals surface area contributed by atoms with Gasteiger partial charge in [-0.1, -0.05) is 36.4 Å². The van der Waals surface area contributed by atoms with Gasteiger partial charge in [0.1, 0.15) is 0 Å². The van der Waals surface area contributed by atoms with Gasteiger partial charge in [0.15, 0.2) is 0 Å². The van der Waals surface area contributed by atoms with E-state index in [-0.39, 0.29) is 0 Å². The van der Waals surface area contributed by atoms with Crippen LogP contribution in [0.2, 0.25) is 0 Å². The molecule has 0 bridgehead atoms. The second-order valence-corrected chi connectivity index (χ2v) is 6.64. The number of anilines is 1. The molecule has 3 heteroatoms. The van der Waals surface area contributed by atoms with Crippen molar-refractivity contribution in [3.63, 3.8) is 0 Å². The molecule has 0 spiro atoms. The molecule has 0 fully saturated rings. The standard InChI is InChI=1S/C19H21NO2/c21-19(22)16-11-5-10-15-13-8-4-9-14(13)17(20-18(15)16)12-6-2-1-3-7-12/h1-2,4-5,8,10-14,17,20H,3,6-7,9H2,(H,21,22)/t12-,13+,14+,17-/m1/s1. The highest BCUT2D eigenvalue weighted by molar-refractivity contribution is 5.95. The molecule has 114 valence electrons. The first-order chi connectivity index (χ1) is 10.8. The van der Waals surface area contributed by atoms with E-state index >= 15 is 0 Å². The molecule has 22 heavy (non-hydrogen) atoms. The molecule has 2 N–H and O–H groups in total. The average molecular weight is 295 g/mol. The van der Waals surface area contributed by atoms with E-state index < -0.39 is 5.97 Å². The first-order valence-corrected chi connectivity index (χ1v) is 8.20. The molecule has 0 unspecified atom stereocenters. The van der Waals surface area contributed by atoms with Gasteiger partial charge in [0.05, 0.1) is 11.3 Å². The van der Waals surface area contributed by atoms with Crippen molar-refractivity contribution in [3.8, 4) is 0 Å². The molecule has 0 radical (unpaired) electrons. The van der Waals surface area contributed by atoms with E-state index in [4.69, 9.17) is 0 Å². The Morgan fingerprint density at radius 2 is 2.09 bits per heavy atom. The monoisotopic (exact) mass is 295 g/mol. The van der Waals surface area contributed by atoms with Crippen molar-refractivity contribution in [3.05, 3.63) is 53.6 Å². The first kappa shape index (κ1) is 13.6. The van der Waals surface area contributed by atoms with E-state index in [1.54, 1.807) is 6.07 Å². The van der Waals surface area contributed by atoms with Crippen molar-refractivity contribution < 1.29 is 9.90 Å². The Morgan fingerprint density at radius 3 is 2.86 bits per heavy atom. The van der Waals surface area contributed by atoms with Gasteiger partial charge in [-0.15, -0.1) is 0 Å². The molecule has 1 aromatic carbocycles. The fraction of sp³-hybridized carbons (Fsp3) is 0.421. The zero-order chi connectivity index (χ0) is 15.1. The minimum atomic E-state index is -0.841. The molecular formula is C19H21NO2. The Bertz CT molecular complexity index is 661. The van der Waals surface area contributed by atoms with E-state index in [1.165, 1.54) is 6.42 Å². The van der Waals surface area contributed by atoms with Crippen molar-refractivity contribution in [2.24, 2.45) is 11.8 Å². The summed E-state index contributed by atoms with van der Waals surface area (Å²) >= 11 is 0. The third-order valence-corrected chi connectivity index (χ3v) is 5.49. The predicted octanol–water partition coefficient (Wildman–Crippen LogP) is 4.19. The van der Waals surface area contributed by atoms with Crippen LogP contribution in [-0.2, 0) is 0 Å². The summed E-state index contributed by atoms with van der Waals surface area (Å²) in [6.45, 7) is 0. The zero-order valence-electron chi connectivity index (χ0n) is 12.5. The van der Waals surface area contributed by atoms with Crippen LogP contribution in [0.5, 0.6) is 0 Å². The maximum Gasteiger partial charge on any atom is 0.337 e. The van der Waals surface area contributed by atoms with Crippen LogP contribution in [0.3, 0.4) is 0 Å². The number of hydrogen-bond acceptors (Lipinski definition) is 2. The third-order valence-electron chi connectivity index (χ3n) is 5.49. The van der Waals surface area contributed by atoms with Crippen LogP contribution in [0.1, 0.15) is 47.5 Å². The summed E-state index contributed by atoms with van der Waals surface area (Å²) in [5.74, 6) is 0.693. The molecule has 1 aromatic rings. The summed E-state index contributed by atoms with van der Waals surface area (Å²) in [5, 5.41) is 13.1. The summed E-state index contributed by atoms with van der Waals surface area (Å²) in [7, 11) is 0. The van der Waals surface area contributed by atoms with Gasteiger partial charge in [0.25, 0.3) is 0 Å². The number of rotatable bonds is 2. The normalized spacial score (nSPS) is 32.2. The molecule has 2 aliphatic carbocycles. The largest absolute Gasteiger partial charge is 0.478 e. The van der Waals surface area contributed by atoms with Crippen LogP contribution in [0.25, 0.3) is 0 Å². The fourth-order valence-electron chi connectivity index (χ4n) is 4.45. The van der Waals surface area contributed by atoms with Crippen LogP contribution in [0.15, 0.2) is 42.5 Å². The predicted molar refractivity (Wildman–Crippen MR) is 87.3 cm³/mol. The lowest BCUT2D eigenvalue weighted by Crippen LogP contribution is -2.42. The topological polar surface area (TPSA) is 49.3 Å². The molecule has 0 amide bonds. The Balaban J connectivity index is 1.76. The maximum atomic E-state index is 11.6. The minimum Gasteiger partial charge on any atom is -0.478 e. The lowest BCUT2D eigenvalue weighted by molar-refractivity contribution is 0.0697. The van der Waals surface area contributed by atoms with Gasteiger partial charge < -0.3 is 10.4 Å². The number of carbonyl (C=O) groups is 1. The Morgan fingerprint density at radius 1 is 1.18 bits per heavy atom. The van der Waals surface area contributed by atoms with Gasteiger partial charge in [-0.3, -0.25) is 0 Å². The van der Waals surface area contributed by atoms with Crippen molar-refractivity contribution in [1.82, 2.24) is 0 Å². The highest BCUT2D eigenvalue weighted by Crippen LogP contribution is 2.48. The zero-order valence-corrected chi connectivity index (χ0v) is 12.5. The highest BCUT2D eigenvalue weighted by Gasteiger charge is 2.41. The summed E-state index contributed by atoms with van der Waals surface area (Å²) in [5.41, 5.74) is 2.41. The van der Waals surface area contributed by atoms with Crippen LogP contribution in [-0.4, -0.2) is 17.1 Å². The number of carboxylic acid groups (broad SMARTS) is 1. The number of para-hydroxylation sites is 1. The minimum absolute atomic E-state index is 0.367. The maximum absolute atomic E-state index is 11.6. The SMILES string of the molecule is O=C(O)c1cccc2c1N[C@H]([C@@H]1CC=CCC1)[C@H]1CC=C[C@H]21. The molecule has 0 saturated heterocycles. The summed E-state index contributed by atoms with van der Waals surface area (Å²) in [6.07, 6.45) is 13.6. The summed E-state index contributed by atoms with van der Waals surface area (Å²) in [4.78, 5) is 11.6. The van der Waals surface area contributed by atoms with Crippen LogP contribution >= 0.6 is 0 Å². The molecule has 1 heterocycles. The quantitative estimate of drug-likeness (QED) is 0.804. The molecule has 3 nitrogen and oxygen atoms in total. The molecule has 4 rings (SSSR count). The number of hydrogen-bond donors (Lipinski definition) is 2. The number of aromatic carboxylic acids is 1. The highest BCUT2D eigenvalue weighted by atomic mass is 16.4. The molecule has 3 aliphatic rings. The van der Waals surface area contributed by atoms with Gasteiger partial charge in [0, 0.05) is 12.0 Å². The van der Waals surface area contributed by atoms with E-state index in [1.807, 2.05) is 6.07 Å². The van der Waals surface area contributed by atoms with Gasteiger partial charge in [0.2, 0.25) is 0 Å². The van der Waals surface area contributed by atoms with E-state index in [0.717, 1.165) is 30.5 Å². The van der Waals surface area contributed by atoms with Gasteiger partial charge in [-0.05, 0) is 49.1 Å². The lowest BCUT2D eigenvalue weighted by atomic mass is 9.71. The van der Waals surface area contributed by atoms with Crippen molar-refractivity contribution >= 4 is 11.7 Å². The first-order valence-electron chi connectivity index (χ1n) is 8.20. The van der Waals surface area contributed by atoms with Gasteiger partial charge in [-0.2, -0.15) is 0 Å². The molecule has 0 saturated carbocycles. The summed E-state index contributed by atoms with van der Waals surface area (Å²) < 4.78 is 0. The number of benzene rings is 1. The Labute approximate surface area is 130 Å². The van der Waals surface area contributed by atoms with Crippen LogP contribution in [0, 0.1) is 11.8 Å².